The molecule has 4 atom stereocenters. The van der Waals surface area contributed by atoms with Gasteiger partial charge in [-0.2, -0.15) is 13.2 Å². The predicted molar refractivity (Wildman–Crippen MR) is 128 cm³/mol. The van der Waals surface area contributed by atoms with Crippen LogP contribution in [0.5, 0.6) is 0 Å². The third kappa shape index (κ3) is 7.52. The van der Waals surface area contributed by atoms with Crippen molar-refractivity contribution in [3.8, 4) is 0 Å². The maximum Gasteiger partial charge on any atom is 0.416 e. The molecule has 2 saturated heterocycles. The smallest absolute Gasteiger partial charge is 0.389 e. The Balaban J connectivity index is 1.34. The Hall–Kier alpha value is -2.46. The van der Waals surface area contributed by atoms with Crippen molar-refractivity contribution in [2.45, 2.75) is 62.8 Å². The number of carbonyl (C=O) groups is 1. The van der Waals surface area contributed by atoms with Crippen molar-refractivity contribution in [2.75, 3.05) is 26.3 Å². The number of halogens is 3. The summed E-state index contributed by atoms with van der Waals surface area (Å²) in [7, 11) is 0. The first-order valence-corrected chi connectivity index (χ1v) is 12.4. The minimum absolute atomic E-state index is 0.0719. The number of β-amino-alcohol motifs (C(OH)–C–C–N with tert-alkyl or cyclic N) is 1. The number of fused-ring (bicyclic) bond motifs is 1. The van der Waals surface area contributed by atoms with E-state index in [2.05, 4.69) is 5.32 Å². The predicted octanol–water partition coefficient (Wildman–Crippen LogP) is 3.56. The van der Waals surface area contributed by atoms with Gasteiger partial charge < -0.3 is 19.9 Å². The molecule has 4 rings (SSSR count). The van der Waals surface area contributed by atoms with Gasteiger partial charge >= 0.3 is 6.18 Å². The number of amides is 1. The van der Waals surface area contributed by atoms with Crippen LogP contribution in [-0.2, 0) is 33.4 Å². The Labute approximate surface area is 209 Å². The van der Waals surface area contributed by atoms with Gasteiger partial charge in [0, 0.05) is 25.7 Å². The first-order chi connectivity index (χ1) is 17.3. The number of alkyl halides is 3. The molecule has 2 aromatic carbocycles. The van der Waals surface area contributed by atoms with Crippen LogP contribution >= 0.6 is 0 Å². The normalized spacial score (nSPS) is 25.4. The summed E-state index contributed by atoms with van der Waals surface area (Å²) in [5.41, 5.74) is 0.993. The molecule has 2 fully saturated rings. The Morgan fingerprint density at radius 1 is 1.06 bits per heavy atom. The average Bonchev–Trinajstić information content (AvgIpc) is 2.83. The molecule has 2 aliphatic heterocycles. The Morgan fingerprint density at radius 3 is 2.61 bits per heavy atom. The lowest BCUT2D eigenvalue weighted by molar-refractivity contribution is -0.158. The zero-order chi connectivity index (χ0) is 25.5. The quantitative estimate of drug-likeness (QED) is 0.601. The number of ether oxygens (including phenoxy) is 2. The summed E-state index contributed by atoms with van der Waals surface area (Å²) in [4.78, 5) is 14.5. The lowest BCUT2D eigenvalue weighted by atomic mass is 9.94. The van der Waals surface area contributed by atoms with E-state index in [1.54, 1.807) is 6.07 Å². The molecule has 0 radical (unpaired) electrons. The fourth-order valence-corrected chi connectivity index (χ4v) is 4.98. The zero-order valence-corrected chi connectivity index (χ0v) is 20.1. The molecular weight excluding hydrogens is 473 g/mol. The molecule has 0 aliphatic carbocycles. The van der Waals surface area contributed by atoms with Crippen molar-refractivity contribution >= 4 is 5.91 Å². The van der Waals surface area contributed by atoms with Crippen LogP contribution in [0.25, 0.3) is 0 Å². The fraction of sp³-hybridized carbons (Fsp3) is 0.519. The molecule has 2 heterocycles. The molecule has 0 bridgehead atoms. The minimum atomic E-state index is -4.41. The summed E-state index contributed by atoms with van der Waals surface area (Å²) in [5, 5.41) is 13.3. The third-order valence-corrected chi connectivity index (χ3v) is 6.72. The second-order valence-corrected chi connectivity index (χ2v) is 9.55. The van der Waals surface area contributed by atoms with Gasteiger partial charge in [0.2, 0.25) is 5.91 Å². The number of nitrogens with zero attached hydrogens (tertiary/aromatic N) is 1. The van der Waals surface area contributed by atoms with Crippen molar-refractivity contribution in [1.29, 1.82) is 0 Å². The number of hydrogen-bond acceptors (Lipinski definition) is 5. The number of aliphatic hydroxyl groups excluding tert-OH is 1. The number of rotatable bonds is 7. The van der Waals surface area contributed by atoms with Gasteiger partial charge in [-0.25, -0.2) is 0 Å². The summed E-state index contributed by atoms with van der Waals surface area (Å²) in [6.45, 7) is 1.46. The fourth-order valence-electron chi connectivity index (χ4n) is 4.98. The molecule has 6 nitrogen and oxygen atoms in total. The molecule has 0 aromatic heterocycles. The first kappa shape index (κ1) is 26.6. The van der Waals surface area contributed by atoms with Crippen LogP contribution in [0.2, 0.25) is 0 Å². The monoisotopic (exact) mass is 506 g/mol. The van der Waals surface area contributed by atoms with Crippen molar-refractivity contribution < 1.29 is 32.5 Å². The largest absolute Gasteiger partial charge is 0.416 e. The van der Waals surface area contributed by atoms with Gasteiger partial charge in [0.05, 0.1) is 43.5 Å². The van der Waals surface area contributed by atoms with Gasteiger partial charge in [-0.3, -0.25) is 9.69 Å². The molecule has 0 unspecified atom stereocenters. The summed E-state index contributed by atoms with van der Waals surface area (Å²) in [6.07, 6.45) is -3.41. The second-order valence-electron chi connectivity index (χ2n) is 9.55. The Bertz CT molecular complexity index is 988. The maximum absolute atomic E-state index is 13.2. The van der Waals surface area contributed by atoms with Gasteiger partial charge in [-0.15, -0.1) is 0 Å². The summed E-state index contributed by atoms with van der Waals surface area (Å²) in [5.74, 6) is -0.0719. The van der Waals surface area contributed by atoms with Crippen LogP contribution in [0.1, 0.15) is 36.0 Å². The third-order valence-electron chi connectivity index (χ3n) is 6.72. The van der Waals surface area contributed by atoms with Gasteiger partial charge in [0.15, 0.2) is 0 Å². The SMILES string of the molecule is O=C(C[C@H]1CC[C@H]2[C@@H](COC[C@H](O)CN2Cc2cccc(C(F)(F)F)c2)O1)NCCc1ccccc1. The Kier molecular flexibility index (Phi) is 9.00. The van der Waals surface area contributed by atoms with E-state index in [4.69, 9.17) is 9.47 Å². The zero-order valence-electron chi connectivity index (χ0n) is 20.1. The minimum Gasteiger partial charge on any atom is -0.389 e. The van der Waals surface area contributed by atoms with Gasteiger partial charge in [-0.05, 0) is 36.5 Å². The highest BCUT2D eigenvalue weighted by Crippen LogP contribution is 2.32. The van der Waals surface area contributed by atoms with Crippen molar-refractivity contribution in [1.82, 2.24) is 10.2 Å². The first-order valence-electron chi connectivity index (χ1n) is 12.4. The van der Waals surface area contributed by atoms with Gasteiger partial charge in [0.1, 0.15) is 0 Å². The lowest BCUT2D eigenvalue weighted by Crippen LogP contribution is -2.55. The summed E-state index contributed by atoms with van der Waals surface area (Å²) >= 11 is 0. The van der Waals surface area contributed by atoms with Crippen LogP contribution in [0, 0.1) is 0 Å². The lowest BCUT2D eigenvalue weighted by Gasteiger charge is -2.44. The molecule has 2 N–H and O–H groups in total. The number of carbonyl (C=O) groups excluding carboxylic acids is 1. The molecule has 1 amide bonds. The molecule has 2 aliphatic rings. The average molecular weight is 507 g/mol. The molecule has 0 saturated carbocycles. The molecular formula is C27H33F3N2O4. The molecule has 0 spiro atoms. The second kappa shape index (κ2) is 12.2. The van der Waals surface area contributed by atoms with Gasteiger partial charge in [0.25, 0.3) is 0 Å². The molecule has 196 valence electrons. The van der Waals surface area contributed by atoms with E-state index >= 15 is 0 Å². The van der Waals surface area contributed by atoms with E-state index in [0.717, 1.165) is 24.1 Å². The highest BCUT2D eigenvalue weighted by atomic mass is 19.4. The molecule has 2 aromatic rings. The topological polar surface area (TPSA) is 71.0 Å². The van der Waals surface area contributed by atoms with Crippen LogP contribution in [0.4, 0.5) is 13.2 Å². The summed E-state index contributed by atoms with van der Waals surface area (Å²) < 4.78 is 51.4. The Morgan fingerprint density at radius 2 is 1.83 bits per heavy atom. The highest BCUT2D eigenvalue weighted by Gasteiger charge is 2.38. The van der Waals surface area contributed by atoms with E-state index in [-0.39, 0.29) is 56.9 Å². The van der Waals surface area contributed by atoms with Crippen LogP contribution in [-0.4, -0.2) is 66.6 Å². The molecule has 9 heteroatoms. The van der Waals surface area contributed by atoms with E-state index in [0.29, 0.717) is 24.9 Å². The van der Waals surface area contributed by atoms with Crippen molar-refractivity contribution in [3.05, 3.63) is 71.3 Å². The molecule has 36 heavy (non-hydrogen) atoms. The van der Waals surface area contributed by atoms with Gasteiger partial charge in [-0.1, -0.05) is 48.5 Å². The van der Waals surface area contributed by atoms with Crippen molar-refractivity contribution in [2.24, 2.45) is 0 Å². The van der Waals surface area contributed by atoms with Crippen LogP contribution in [0.3, 0.4) is 0 Å². The standard InChI is InChI=1S/C27H33F3N2O4/c28-27(29,30)21-8-4-7-20(13-21)15-32-16-22(33)17-35-18-25-24(32)10-9-23(36-25)14-26(34)31-12-11-19-5-2-1-3-6-19/h1-8,13,22-25,33H,9-12,14-18H2,(H,31,34)/t22-,23-,24+,25-/m1/s1. The number of nitrogens with one attached hydrogen (secondary N) is 1. The number of benzene rings is 2. The van der Waals surface area contributed by atoms with E-state index in [9.17, 15) is 23.1 Å². The van der Waals surface area contributed by atoms with Crippen LogP contribution < -0.4 is 5.32 Å². The van der Waals surface area contributed by atoms with E-state index in [1.807, 2.05) is 35.2 Å². The van der Waals surface area contributed by atoms with Crippen molar-refractivity contribution in [3.63, 3.8) is 0 Å². The summed E-state index contributed by atoms with van der Waals surface area (Å²) in [6, 6.07) is 15.1. The number of aliphatic hydroxyl groups is 1. The van der Waals surface area contributed by atoms with E-state index < -0.39 is 17.8 Å². The van der Waals surface area contributed by atoms with Crippen LogP contribution in [0.15, 0.2) is 54.6 Å². The maximum atomic E-state index is 13.2. The van der Waals surface area contributed by atoms with E-state index in [1.165, 1.54) is 6.07 Å². The number of hydrogen-bond donors (Lipinski definition) is 2. The highest BCUT2D eigenvalue weighted by molar-refractivity contribution is 5.76.